The van der Waals surface area contributed by atoms with Gasteiger partial charge in [-0.1, -0.05) is 35.1 Å². The minimum atomic E-state index is -0.301. The summed E-state index contributed by atoms with van der Waals surface area (Å²) in [6.07, 6.45) is 0. The van der Waals surface area contributed by atoms with Crippen molar-refractivity contribution in [3.8, 4) is 11.5 Å². The average molecular weight is 352 g/mol. The van der Waals surface area contributed by atoms with Gasteiger partial charge in [0.05, 0.1) is 11.3 Å². The van der Waals surface area contributed by atoms with Crippen LogP contribution in [0, 0.1) is 12.7 Å². The van der Waals surface area contributed by atoms with Crippen molar-refractivity contribution in [2.75, 3.05) is 0 Å². The van der Waals surface area contributed by atoms with Crippen molar-refractivity contribution in [2.45, 2.75) is 17.7 Å². The number of thioether (sulfide) groups is 1. The molecular weight excluding hydrogens is 339 g/mol. The normalized spacial score (nSPS) is 11.1. The van der Waals surface area contributed by atoms with Gasteiger partial charge in [0.25, 0.3) is 5.89 Å². The van der Waals surface area contributed by atoms with Crippen LogP contribution in [-0.2, 0) is 5.75 Å². The van der Waals surface area contributed by atoms with E-state index in [1.54, 1.807) is 12.1 Å². The van der Waals surface area contributed by atoms with Gasteiger partial charge in [0.2, 0.25) is 0 Å². The van der Waals surface area contributed by atoms with Crippen molar-refractivity contribution in [3.63, 3.8) is 0 Å². The van der Waals surface area contributed by atoms with Crippen LogP contribution in [0.5, 0.6) is 0 Å². The largest absolute Gasteiger partial charge is 0.334 e. The van der Waals surface area contributed by atoms with Crippen LogP contribution in [0.1, 0.15) is 11.6 Å². The van der Waals surface area contributed by atoms with Gasteiger partial charge in [-0.25, -0.2) is 14.4 Å². The number of benzene rings is 2. The molecule has 0 aliphatic rings. The van der Waals surface area contributed by atoms with Crippen molar-refractivity contribution in [3.05, 3.63) is 66.0 Å². The van der Waals surface area contributed by atoms with Crippen LogP contribution in [0.25, 0.3) is 22.4 Å². The fourth-order valence-corrected chi connectivity index (χ4v) is 3.33. The zero-order valence-electron chi connectivity index (χ0n) is 13.3. The maximum Gasteiger partial charge on any atom is 0.257 e. The van der Waals surface area contributed by atoms with E-state index < -0.39 is 0 Å². The molecule has 7 heteroatoms. The Morgan fingerprint density at radius 3 is 2.64 bits per heavy atom. The molecule has 0 amide bonds. The van der Waals surface area contributed by atoms with Crippen LogP contribution < -0.4 is 0 Å². The molecule has 0 aliphatic carbocycles. The molecule has 0 aliphatic heterocycles. The summed E-state index contributed by atoms with van der Waals surface area (Å²) < 4.78 is 18.3. The Kier molecular flexibility index (Phi) is 4.15. The second-order valence-electron chi connectivity index (χ2n) is 5.40. The molecular formula is C18H13FN4OS. The van der Waals surface area contributed by atoms with Gasteiger partial charge in [-0.3, -0.25) is 0 Å². The second-order valence-corrected chi connectivity index (χ2v) is 6.37. The lowest BCUT2D eigenvalue weighted by Crippen LogP contribution is -1.93. The van der Waals surface area contributed by atoms with E-state index in [9.17, 15) is 4.39 Å². The Bertz CT molecular complexity index is 1030. The summed E-state index contributed by atoms with van der Waals surface area (Å²) in [7, 11) is 0. The Labute approximate surface area is 147 Å². The molecule has 0 spiro atoms. The van der Waals surface area contributed by atoms with E-state index in [1.807, 2.05) is 31.2 Å². The SMILES string of the molecule is Cc1nc(SCc2noc(-c3ccc(F)cc3)n2)c2ccccc2n1. The maximum absolute atomic E-state index is 13.0. The minimum Gasteiger partial charge on any atom is -0.334 e. The van der Waals surface area contributed by atoms with Crippen LogP contribution in [0.3, 0.4) is 0 Å². The molecule has 25 heavy (non-hydrogen) atoms. The number of halogens is 1. The predicted molar refractivity (Wildman–Crippen MR) is 93.5 cm³/mol. The van der Waals surface area contributed by atoms with Gasteiger partial charge in [-0.05, 0) is 37.3 Å². The first-order valence-electron chi connectivity index (χ1n) is 7.64. The van der Waals surface area contributed by atoms with Gasteiger partial charge in [0.15, 0.2) is 5.82 Å². The summed E-state index contributed by atoms with van der Waals surface area (Å²) in [6.45, 7) is 1.87. The number of fused-ring (bicyclic) bond motifs is 1. The highest BCUT2D eigenvalue weighted by Gasteiger charge is 2.11. The van der Waals surface area contributed by atoms with Crippen LogP contribution >= 0.6 is 11.8 Å². The van der Waals surface area contributed by atoms with E-state index in [2.05, 4.69) is 20.1 Å². The lowest BCUT2D eigenvalue weighted by Gasteiger charge is -2.04. The molecule has 0 fully saturated rings. The number of rotatable bonds is 4. The molecule has 2 heterocycles. The van der Waals surface area contributed by atoms with Crippen molar-refractivity contribution in [2.24, 2.45) is 0 Å². The summed E-state index contributed by atoms with van der Waals surface area (Å²) in [6, 6.07) is 13.8. The molecule has 4 aromatic rings. The third-order valence-corrected chi connectivity index (χ3v) is 4.56. The first-order chi connectivity index (χ1) is 12.2. The first kappa shape index (κ1) is 15.7. The fourth-order valence-electron chi connectivity index (χ4n) is 2.42. The quantitative estimate of drug-likeness (QED) is 0.400. The van der Waals surface area contributed by atoms with Crippen molar-refractivity contribution in [1.29, 1.82) is 0 Å². The molecule has 0 atom stereocenters. The molecule has 2 aromatic heterocycles. The lowest BCUT2D eigenvalue weighted by molar-refractivity contribution is 0.425. The van der Waals surface area contributed by atoms with E-state index in [4.69, 9.17) is 4.52 Å². The maximum atomic E-state index is 13.0. The molecule has 0 saturated heterocycles. The van der Waals surface area contributed by atoms with Crippen LogP contribution in [0.15, 0.2) is 58.1 Å². The van der Waals surface area contributed by atoms with Crippen molar-refractivity contribution in [1.82, 2.24) is 20.1 Å². The summed E-state index contributed by atoms with van der Waals surface area (Å²) in [5, 5.41) is 5.87. The summed E-state index contributed by atoms with van der Waals surface area (Å²) in [5.41, 5.74) is 1.60. The smallest absolute Gasteiger partial charge is 0.257 e. The number of para-hydroxylation sites is 1. The molecule has 4 rings (SSSR count). The second kappa shape index (κ2) is 6.60. The minimum absolute atomic E-state index is 0.301. The standard InChI is InChI=1S/C18H13FN4OS/c1-11-20-15-5-3-2-4-14(15)18(21-11)25-10-16-22-17(24-23-16)12-6-8-13(19)9-7-12/h2-9H,10H2,1H3. The third kappa shape index (κ3) is 3.36. The number of aryl methyl sites for hydroxylation is 1. The van der Waals surface area contributed by atoms with Gasteiger partial charge >= 0.3 is 0 Å². The molecule has 0 N–H and O–H groups in total. The highest BCUT2D eigenvalue weighted by Crippen LogP contribution is 2.28. The fraction of sp³-hybridized carbons (Fsp3) is 0.111. The first-order valence-corrected chi connectivity index (χ1v) is 8.62. The number of hydrogen-bond donors (Lipinski definition) is 0. The van der Waals surface area contributed by atoms with E-state index in [1.165, 1.54) is 23.9 Å². The Morgan fingerprint density at radius 2 is 1.80 bits per heavy atom. The van der Waals surface area contributed by atoms with Crippen molar-refractivity contribution < 1.29 is 8.91 Å². The van der Waals surface area contributed by atoms with Gasteiger partial charge < -0.3 is 4.52 Å². The Balaban J connectivity index is 1.55. The third-order valence-electron chi connectivity index (χ3n) is 3.58. The number of nitrogens with zero attached hydrogens (tertiary/aromatic N) is 4. The highest BCUT2D eigenvalue weighted by molar-refractivity contribution is 7.98. The molecule has 2 aromatic carbocycles. The Hall–Kier alpha value is -2.80. The molecule has 0 unspecified atom stereocenters. The van der Waals surface area contributed by atoms with Gasteiger partial charge in [-0.2, -0.15) is 4.98 Å². The van der Waals surface area contributed by atoms with E-state index in [0.29, 0.717) is 23.0 Å². The zero-order valence-corrected chi connectivity index (χ0v) is 14.1. The van der Waals surface area contributed by atoms with Gasteiger partial charge in [0, 0.05) is 10.9 Å². The number of aromatic nitrogens is 4. The summed E-state index contributed by atoms with van der Waals surface area (Å²) >= 11 is 1.53. The molecule has 124 valence electrons. The monoisotopic (exact) mass is 352 g/mol. The highest BCUT2D eigenvalue weighted by atomic mass is 32.2. The Morgan fingerprint density at radius 1 is 1.00 bits per heavy atom. The summed E-state index contributed by atoms with van der Waals surface area (Å²) in [5.74, 6) is 1.88. The van der Waals surface area contributed by atoms with Gasteiger partial charge in [0.1, 0.15) is 16.7 Å². The van der Waals surface area contributed by atoms with Gasteiger partial charge in [-0.15, -0.1) is 0 Å². The summed E-state index contributed by atoms with van der Waals surface area (Å²) in [4.78, 5) is 13.3. The molecule has 5 nitrogen and oxygen atoms in total. The molecule has 0 saturated carbocycles. The predicted octanol–water partition coefficient (Wildman–Crippen LogP) is 4.42. The van der Waals surface area contributed by atoms with E-state index >= 15 is 0 Å². The van der Waals surface area contributed by atoms with Crippen LogP contribution in [-0.4, -0.2) is 20.1 Å². The molecule has 0 radical (unpaired) electrons. The average Bonchev–Trinajstić information content (AvgIpc) is 3.09. The van der Waals surface area contributed by atoms with Crippen molar-refractivity contribution >= 4 is 22.7 Å². The number of hydrogen-bond acceptors (Lipinski definition) is 6. The zero-order chi connectivity index (χ0) is 17.2. The lowest BCUT2D eigenvalue weighted by atomic mass is 10.2. The molecule has 0 bridgehead atoms. The van der Waals surface area contributed by atoms with E-state index in [0.717, 1.165) is 21.8 Å². The van der Waals surface area contributed by atoms with Crippen LogP contribution in [0.2, 0.25) is 0 Å². The topological polar surface area (TPSA) is 64.7 Å². The van der Waals surface area contributed by atoms with Crippen LogP contribution in [0.4, 0.5) is 4.39 Å². The van der Waals surface area contributed by atoms with E-state index in [-0.39, 0.29) is 5.82 Å².